The van der Waals surface area contributed by atoms with Crippen molar-refractivity contribution in [1.82, 2.24) is 0 Å². The van der Waals surface area contributed by atoms with Crippen LogP contribution in [0.3, 0.4) is 0 Å². The van der Waals surface area contributed by atoms with Crippen LogP contribution in [0.1, 0.15) is 21.5 Å². The van der Waals surface area contributed by atoms with Crippen LogP contribution in [0.4, 0.5) is 5.69 Å². The van der Waals surface area contributed by atoms with Crippen LogP contribution in [-0.2, 0) is 11.4 Å². The number of amides is 1. The number of methoxy groups -OCH3 is 1. The summed E-state index contributed by atoms with van der Waals surface area (Å²) in [5, 5.41) is 23.4. The molecule has 36 heavy (non-hydrogen) atoms. The minimum Gasteiger partial charge on any atom is -0.493 e. The van der Waals surface area contributed by atoms with Crippen LogP contribution in [-0.4, -0.2) is 24.1 Å². The quantitative estimate of drug-likeness (QED) is 0.249. The second-order valence-electron chi connectivity index (χ2n) is 7.84. The van der Waals surface area contributed by atoms with Gasteiger partial charge in [-0.25, -0.2) is 4.79 Å². The van der Waals surface area contributed by atoms with Crippen molar-refractivity contribution in [1.29, 1.82) is 5.26 Å². The number of carboxylic acid groups (broad SMARTS) is 1. The van der Waals surface area contributed by atoms with E-state index in [1.165, 1.54) is 30.3 Å². The molecule has 0 aliphatic rings. The van der Waals surface area contributed by atoms with Gasteiger partial charge in [-0.1, -0.05) is 48.5 Å². The molecule has 0 aromatic heterocycles. The molecule has 0 saturated heterocycles. The van der Waals surface area contributed by atoms with Crippen molar-refractivity contribution in [2.24, 2.45) is 0 Å². The SMILES string of the molecule is COc1ccc(/C=C(\C#N)C(=O)Nc2ccc(C(=O)O)cc2)cc1OCc1cccc2ccccc12. The first-order valence-electron chi connectivity index (χ1n) is 11.0. The van der Waals surface area contributed by atoms with Crippen LogP contribution in [0.15, 0.2) is 90.5 Å². The Morgan fingerprint density at radius 3 is 2.44 bits per heavy atom. The van der Waals surface area contributed by atoms with E-state index in [1.807, 2.05) is 48.5 Å². The van der Waals surface area contributed by atoms with Crippen molar-refractivity contribution >= 4 is 34.4 Å². The molecule has 0 heterocycles. The lowest BCUT2D eigenvalue weighted by molar-refractivity contribution is -0.112. The molecule has 7 nitrogen and oxygen atoms in total. The molecule has 0 radical (unpaired) electrons. The highest BCUT2D eigenvalue weighted by atomic mass is 16.5. The molecule has 2 N–H and O–H groups in total. The number of carbonyl (C=O) groups excluding carboxylic acids is 1. The van der Waals surface area contributed by atoms with Gasteiger partial charge in [-0.15, -0.1) is 0 Å². The molecule has 0 spiro atoms. The summed E-state index contributed by atoms with van der Waals surface area (Å²) in [6.45, 7) is 0.308. The number of hydrogen-bond acceptors (Lipinski definition) is 5. The Kier molecular flexibility index (Phi) is 7.28. The zero-order chi connectivity index (χ0) is 25.5. The molecule has 4 rings (SSSR count). The van der Waals surface area contributed by atoms with Crippen molar-refractivity contribution in [3.05, 3.63) is 107 Å². The van der Waals surface area contributed by atoms with Gasteiger partial charge >= 0.3 is 5.97 Å². The number of fused-ring (bicyclic) bond motifs is 1. The number of carbonyl (C=O) groups is 2. The number of hydrogen-bond donors (Lipinski definition) is 2. The van der Waals surface area contributed by atoms with Crippen molar-refractivity contribution in [3.63, 3.8) is 0 Å². The second kappa shape index (κ2) is 10.9. The number of aromatic carboxylic acids is 1. The van der Waals surface area contributed by atoms with Gasteiger partial charge in [0, 0.05) is 5.69 Å². The van der Waals surface area contributed by atoms with Crippen LogP contribution in [0.5, 0.6) is 11.5 Å². The summed E-state index contributed by atoms with van der Waals surface area (Å²) >= 11 is 0. The Morgan fingerprint density at radius 1 is 0.972 bits per heavy atom. The highest BCUT2D eigenvalue weighted by Crippen LogP contribution is 2.30. The number of nitrogens with one attached hydrogen (secondary N) is 1. The maximum atomic E-state index is 12.6. The zero-order valence-corrected chi connectivity index (χ0v) is 19.4. The third-order valence-corrected chi connectivity index (χ3v) is 5.52. The smallest absolute Gasteiger partial charge is 0.335 e. The molecule has 4 aromatic rings. The van der Waals surface area contributed by atoms with Gasteiger partial charge < -0.3 is 19.9 Å². The molecule has 0 aliphatic carbocycles. The topological polar surface area (TPSA) is 109 Å². The molecule has 178 valence electrons. The monoisotopic (exact) mass is 478 g/mol. The van der Waals surface area contributed by atoms with E-state index in [1.54, 1.807) is 25.3 Å². The Hall–Kier alpha value is -5.09. The largest absolute Gasteiger partial charge is 0.493 e. The van der Waals surface area contributed by atoms with E-state index < -0.39 is 11.9 Å². The summed E-state index contributed by atoms with van der Waals surface area (Å²) in [5.41, 5.74) is 1.94. The normalized spacial score (nSPS) is 10.9. The Balaban J connectivity index is 1.54. The van der Waals surface area contributed by atoms with E-state index in [9.17, 15) is 14.9 Å². The molecule has 1 amide bonds. The Bertz CT molecular complexity index is 1500. The Morgan fingerprint density at radius 2 is 1.72 bits per heavy atom. The first kappa shape index (κ1) is 24.0. The number of nitrogens with zero attached hydrogens (tertiary/aromatic N) is 1. The number of rotatable bonds is 8. The molecular formula is C29H22N2O5. The van der Waals surface area contributed by atoms with Crippen LogP contribution in [0.25, 0.3) is 16.8 Å². The zero-order valence-electron chi connectivity index (χ0n) is 19.4. The molecule has 0 saturated carbocycles. The van der Waals surface area contributed by atoms with Crippen LogP contribution >= 0.6 is 0 Å². The molecular weight excluding hydrogens is 456 g/mol. The summed E-state index contributed by atoms with van der Waals surface area (Å²) in [4.78, 5) is 23.6. The lowest BCUT2D eigenvalue weighted by Gasteiger charge is -2.13. The molecule has 0 fully saturated rings. The van der Waals surface area contributed by atoms with E-state index in [0.29, 0.717) is 29.4 Å². The minimum absolute atomic E-state index is 0.0957. The minimum atomic E-state index is -1.07. The summed E-state index contributed by atoms with van der Waals surface area (Å²) in [6.07, 6.45) is 1.45. The van der Waals surface area contributed by atoms with Crippen LogP contribution in [0, 0.1) is 11.3 Å². The Labute approximate surface area is 207 Å². The third-order valence-electron chi connectivity index (χ3n) is 5.52. The van der Waals surface area contributed by atoms with Crippen molar-refractivity contribution < 1.29 is 24.2 Å². The van der Waals surface area contributed by atoms with E-state index in [2.05, 4.69) is 5.32 Å². The number of benzene rings is 4. The van der Waals surface area contributed by atoms with Gasteiger partial charge in [0.25, 0.3) is 5.91 Å². The summed E-state index contributed by atoms with van der Waals surface area (Å²) in [7, 11) is 1.54. The molecule has 0 bridgehead atoms. The standard InChI is InChI=1S/C29H22N2O5/c1-35-26-14-9-19(15-23(17-30)28(32)31-24-12-10-21(11-13-24)29(33)34)16-27(26)36-18-22-7-4-6-20-5-2-3-8-25(20)22/h2-16H,18H2,1H3,(H,31,32)(H,33,34)/b23-15+. The van der Waals surface area contributed by atoms with Gasteiger partial charge in [0.15, 0.2) is 11.5 Å². The molecule has 0 atom stereocenters. The average Bonchev–Trinajstić information content (AvgIpc) is 2.90. The fraction of sp³-hybridized carbons (Fsp3) is 0.0690. The van der Waals surface area contributed by atoms with Crippen LogP contribution in [0.2, 0.25) is 0 Å². The molecule has 0 aliphatic heterocycles. The van der Waals surface area contributed by atoms with E-state index >= 15 is 0 Å². The van der Waals surface area contributed by atoms with E-state index in [4.69, 9.17) is 14.6 Å². The van der Waals surface area contributed by atoms with Crippen molar-refractivity contribution in [2.45, 2.75) is 6.61 Å². The number of ether oxygens (including phenoxy) is 2. The predicted molar refractivity (Wildman–Crippen MR) is 137 cm³/mol. The maximum Gasteiger partial charge on any atom is 0.335 e. The van der Waals surface area contributed by atoms with Gasteiger partial charge in [0.1, 0.15) is 18.2 Å². The lowest BCUT2D eigenvalue weighted by atomic mass is 10.1. The van der Waals surface area contributed by atoms with E-state index in [-0.39, 0.29) is 11.1 Å². The number of anilines is 1. The molecule has 4 aromatic carbocycles. The first-order chi connectivity index (χ1) is 17.5. The van der Waals surface area contributed by atoms with Crippen molar-refractivity contribution in [2.75, 3.05) is 12.4 Å². The fourth-order valence-corrected chi connectivity index (χ4v) is 3.68. The first-order valence-corrected chi connectivity index (χ1v) is 11.0. The summed E-state index contributed by atoms with van der Waals surface area (Å²) in [5.74, 6) is -0.687. The average molecular weight is 479 g/mol. The molecule has 0 unspecified atom stereocenters. The highest BCUT2D eigenvalue weighted by molar-refractivity contribution is 6.09. The lowest BCUT2D eigenvalue weighted by Crippen LogP contribution is -2.13. The van der Waals surface area contributed by atoms with Gasteiger partial charge in [0.2, 0.25) is 0 Å². The number of carboxylic acids is 1. The van der Waals surface area contributed by atoms with Gasteiger partial charge in [-0.2, -0.15) is 5.26 Å². The van der Waals surface area contributed by atoms with Crippen LogP contribution < -0.4 is 14.8 Å². The summed E-state index contributed by atoms with van der Waals surface area (Å²) < 4.78 is 11.5. The van der Waals surface area contributed by atoms with Gasteiger partial charge in [0.05, 0.1) is 12.7 Å². The number of nitriles is 1. The predicted octanol–water partition coefficient (Wildman–Crippen LogP) is 5.67. The molecule has 7 heteroatoms. The second-order valence-corrected chi connectivity index (χ2v) is 7.84. The van der Waals surface area contributed by atoms with Gasteiger partial charge in [-0.05, 0) is 64.4 Å². The van der Waals surface area contributed by atoms with Gasteiger partial charge in [-0.3, -0.25) is 4.79 Å². The van der Waals surface area contributed by atoms with E-state index in [0.717, 1.165) is 16.3 Å². The highest BCUT2D eigenvalue weighted by Gasteiger charge is 2.12. The third kappa shape index (κ3) is 5.51. The fourth-order valence-electron chi connectivity index (χ4n) is 3.68. The van der Waals surface area contributed by atoms with Crippen molar-refractivity contribution in [3.8, 4) is 17.6 Å². The summed E-state index contributed by atoms with van der Waals surface area (Å²) in [6, 6.07) is 26.8. The maximum absolute atomic E-state index is 12.6.